The SMILES string of the molecule is CC(C)c1cccc(C(C)C)c1-n1c[c-][n+](-c2c(C(C)C)cccc2C(C)C)c1-c1ccc(N(C)C)cc1.Cc1ccccc1.Cc1ccccc1.Cc1ccccc1.[Br-].[Cu+]. The van der Waals surface area contributed by atoms with Crippen LogP contribution in [0.25, 0.3) is 22.8 Å². The molecule has 0 radical (unpaired) electrons. The Bertz CT molecular complexity index is 2050. The largest absolute Gasteiger partial charge is 1.00 e. The Hall–Kier alpha value is -4.67. The molecule has 0 saturated carbocycles. The van der Waals surface area contributed by atoms with E-state index in [2.05, 4.69) is 214 Å². The van der Waals surface area contributed by atoms with Gasteiger partial charge in [0.15, 0.2) is 5.82 Å². The van der Waals surface area contributed by atoms with Crippen molar-refractivity contribution in [3.05, 3.63) is 203 Å². The summed E-state index contributed by atoms with van der Waals surface area (Å²) in [5.74, 6) is 2.73. The molecule has 0 fully saturated rings. The van der Waals surface area contributed by atoms with E-state index in [4.69, 9.17) is 0 Å². The summed E-state index contributed by atoms with van der Waals surface area (Å²) in [5, 5.41) is 0. The Morgan fingerprint density at radius 1 is 0.459 bits per heavy atom. The van der Waals surface area contributed by atoms with Crippen LogP contribution in [0.2, 0.25) is 0 Å². The van der Waals surface area contributed by atoms with Crippen molar-refractivity contribution < 1.29 is 38.6 Å². The molecule has 0 aliphatic carbocycles. The van der Waals surface area contributed by atoms with Crippen LogP contribution in [0.4, 0.5) is 5.69 Å². The smallest absolute Gasteiger partial charge is 1.00 e. The molecule has 1 heterocycles. The molecular weight excluding hydrogens is 858 g/mol. The summed E-state index contributed by atoms with van der Waals surface area (Å²) in [4.78, 5) is 2.15. The van der Waals surface area contributed by atoms with Gasteiger partial charge < -0.3 is 26.4 Å². The quantitative estimate of drug-likeness (QED) is 0.0840. The first-order chi connectivity index (χ1) is 28.2. The number of imidazole rings is 1. The second kappa shape index (κ2) is 26.0. The van der Waals surface area contributed by atoms with Crippen LogP contribution in [0.15, 0.2) is 158 Å². The molecule has 0 N–H and O–H groups in total. The molecule has 0 unspecified atom stereocenters. The minimum absolute atomic E-state index is 0. The topological polar surface area (TPSA) is 12.0 Å². The number of anilines is 1. The summed E-state index contributed by atoms with van der Waals surface area (Å²) < 4.78 is 4.73. The molecule has 0 aliphatic rings. The number of aromatic nitrogens is 2. The van der Waals surface area contributed by atoms with E-state index < -0.39 is 0 Å². The molecule has 0 amide bonds. The van der Waals surface area contributed by atoms with E-state index in [1.165, 1.54) is 61.6 Å². The van der Waals surface area contributed by atoms with Crippen molar-refractivity contribution in [2.45, 2.75) is 99.8 Å². The minimum Gasteiger partial charge on any atom is -1.00 e. The number of aryl methyl sites for hydroxylation is 3. The van der Waals surface area contributed by atoms with Gasteiger partial charge in [0, 0.05) is 42.2 Å². The van der Waals surface area contributed by atoms with E-state index >= 15 is 0 Å². The molecule has 326 valence electrons. The van der Waals surface area contributed by atoms with Crippen LogP contribution in [0.5, 0.6) is 0 Å². The van der Waals surface area contributed by atoms with E-state index in [1.807, 2.05) is 54.6 Å². The summed E-state index contributed by atoms with van der Waals surface area (Å²) in [6.45, 7) is 24.6. The van der Waals surface area contributed by atoms with Crippen molar-refractivity contribution >= 4 is 5.69 Å². The number of rotatable bonds is 8. The standard InChI is InChI=1S/C35H45N3.3C7H8.BrH.Cu/c1-23(2)29-13-11-14-30(24(3)4)33(29)37-21-22-38(35(37)27-17-19-28(20-18-27)36(9)10)34-31(25(5)6)15-12-16-32(34)26(7)8;3*1-7-5-3-2-4-6-7;;/h11-21,23-26H,1-10H3;3*2-6H,1H3;1H;/q;;;;;+1/p-1. The fourth-order valence-corrected chi connectivity index (χ4v) is 7.03. The number of hydrogen-bond donors (Lipinski definition) is 0. The zero-order valence-electron chi connectivity index (χ0n) is 38.8. The molecular formula is C56H69BrCuN3. The predicted molar refractivity (Wildman–Crippen MR) is 256 cm³/mol. The van der Waals surface area contributed by atoms with Crippen molar-refractivity contribution in [2.24, 2.45) is 0 Å². The van der Waals surface area contributed by atoms with Gasteiger partial charge in [0.2, 0.25) is 0 Å². The maximum absolute atomic E-state index is 3.72. The maximum Gasteiger partial charge on any atom is 1.00 e. The average Bonchev–Trinajstić information content (AvgIpc) is 3.66. The van der Waals surface area contributed by atoms with Gasteiger partial charge in [-0.3, -0.25) is 4.57 Å². The predicted octanol–water partition coefficient (Wildman–Crippen LogP) is 11.8. The van der Waals surface area contributed by atoms with Gasteiger partial charge in [0.05, 0.1) is 12.4 Å². The number of para-hydroxylation sites is 2. The molecule has 0 aliphatic heterocycles. The van der Waals surface area contributed by atoms with Gasteiger partial charge >= 0.3 is 17.1 Å². The van der Waals surface area contributed by atoms with E-state index in [0.29, 0.717) is 23.7 Å². The van der Waals surface area contributed by atoms with E-state index in [0.717, 1.165) is 5.82 Å². The van der Waals surface area contributed by atoms with Crippen LogP contribution in [-0.2, 0) is 17.1 Å². The third-order valence-corrected chi connectivity index (χ3v) is 10.4. The zero-order chi connectivity index (χ0) is 43.1. The Morgan fingerprint density at radius 2 is 0.803 bits per heavy atom. The first kappa shape index (κ1) is 52.5. The molecule has 1 aromatic heterocycles. The van der Waals surface area contributed by atoms with Gasteiger partial charge in [-0.05, 0) is 56.6 Å². The molecule has 0 spiro atoms. The maximum atomic E-state index is 3.72. The van der Waals surface area contributed by atoms with Crippen LogP contribution in [-0.4, -0.2) is 18.7 Å². The van der Waals surface area contributed by atoms with Gasteiger partial charge in [-0.25, -0.2) is 0 Å². The molecule has 3 nitrogen and oxygen atoms in total. The molecule has 61 heavy (non-hydrogen) atoms. The zero-order valence-corrected chi connectivity index (χ0v) is 41.4. The van der Waals surface area contributed by atoms with E-state index in [-0.39, 0.29) is 34.1 Å². The van der Waals surface area contributed by atoms with E-state index in [1.54, 1.807) is 0 Å². The van der Waals surface area contributed by atoms with Crippen molar-refractivity contribution in [2.75, 3.05) is 19.0 Å². The summed E-state index contributed by atoms with van der Waals surface area (Å²) in [5.41, 5.74) is 14.3. The van der Waals surface area contributed by atoms with Crippen molar-refractivity contribution in [1.82, 2.24) is 4.57 Å². The van der Waals surface area contributed by atoms with Gasteiger partial charge in [-0.2, -0.15) is 0 Å². The molecule has 6 aromatic carbocycles. The normalized spacial score (nSPS) is 10.4. The molecule has 5 heteroatoms. The van der Waals surface area contributed by atoms with Gasteiger partial charge in [-0.15, -0.1) is 0 Å². The second-order valence-corrected chi connectivity index (χ2v) is 16.9. The van der Waals surface area contributed by atoms with Gasteiger partial charge in [0.25, 0.3) is 0 Å². The summed E-state index contributed by atoms with van der Waals surface area (Å²) >= 11 is 0. The van der Waals surface area contributed by atoms with Gasteiger partial charge in [0.1, 0.15) is 5.69 Å². The summed E-state index contributed by atoms with van der Waals surface area (Å²) in [6.07, 6.45) is 5.87. The van der Waals surface area contributed by atoms with Crippen LogP contribution in [0, 0.1) is 27.0 Å². The summed E-state index contributed by atoms with van der Waals surface area (Å²) in [6, 6.07) is 53.3. The fourth-order valence-electron chi connectivity index (χ4n) is 7.03. The van der Waals surface area contributed by atoms with Crippen LogP contribution in [0.3, 0.4) is 0 Å². The Kier molecular flexibility index (Phi) is 22.3. The summed E-state index contributed by atoms with van der Waals surface area (Å²) in [7, 11) is 4.18. The molecule has 7 rings (SSSR count). The Morgan fingerprint density at radius 3 is 1.10 bits per heavy atom. The number of hydrogen-bond acceptors (Lipinski definition) is 1. The molecule has 7 aromatic rings. The molecule has 0 bridgehead atoms. The Balaban J connectivity index is 0.000000449. The minimum atomic E-state index is 0. The van der Waals surface area contributed by atoms with Crippen molar-refractivity contribution in [1.29, 1.82) is 0 Å². The fraction of sp³-hybridized carbons (Fsp3) is 0.304. The number of benzene rings is 6. The third-order valence-electron chi connectivity index (χ3n) is 10.4. The van der Waals surface area contributed by atoms with Crippen LogP contribution < -0.4 is 26.4 Å². The van der Waals surface area contributed by atoms with Crippen molar-refractivity contribution in [3.63, 3.8) is 0 Å². The number of nitrogens with zero attached hydrogens (tertiary/aromatic N) is 3. The average molecular weight is 928 g/mol. The monoisotopic (exact) mass is 925 g/mol. The van der Waals surface area contributed by atoms with E-state index in [9.17, 15) is 0 Å². The van der Waals surface area contributed by atoms with Crippen LogP contribution in [0.1, 0.15) is 118 Å². The van der Waals surface area contributed by atoms with Crippen molar-refractivity contribution in [3.8, 4) is 22.8 Å². The molecule has 0 atom stereocenters. The number of halogens is 1. The molecule has 0 saturated heterocycles. The van der Waals surface area contributed by atoms with Gasteiger partial charge in [-0.1, -0.05) is 223 Å². The third kappa shape index (κ3) is 15.0. The Labute approximate surface area is 391 Å². The first-order valence-electron chi connectivity index (χ1n) is 21.3. The first-order valence-corrected chi connectivity index (χ1v) is 21.3. The van der Waals surface area contributed by atoms with Crippen LogP contribution >= 0.6 is 0 Å². The second-order valence-electron chi connectivity index (χ2n) is 16.9.